The van der Waals surface area contributed by atoms with Crippen LogP contribution in [0.2, 0.25) is 0 Å². The van der Waals surface area contributed by atoms with Crippen molar-refractivity contribution in [3.05, 3.63) is 30.1 Å². The number of pyridine rings is 1. The minimum Gasteiger partial charge on any atom is -0.342 e. The summed E-state index contributed by atoms with van der Waals surface area (Å²) in [4.78, 5) is 33.5. The summed E-state index contributed by atoms with van der Waals surface area (Å²) in [6.45, 7) is 2.17. The highest BCUT2D eigenvalue weighted by Crippen LogP contribution is 2.59. The van der Waals surface area contributed by atoms with Crippen LogP contribution in [-0.2, 0) is 16.1 Å². The molecule has 0 N–H and O–H groups in total. The number of nitrogens with zero attached hydrogens (tertiary/aromatic N) is 3. The Bertz CT molecular complexity index is 671. The zero-order valence-corrected chi connectivity index (χ0v) is 15.7. The number of carbonyl (C=O) groups excluding carboxylic acids is 2. The molecule has 1 spiro atoms. The van der Waals surface area contributed by atoms with Crippen molar-refractivity contribution in [1.82, 2.24) is 14.8 Å². The van der Waals surface area contributed by atoms with Crippen molar-refractivity contribution in [3.8, 4) is 0 Å². The van der Waals surface area contributed by atoms with Gasteiger partial charge in [0, 0.05) is 44.1 Å². The highest BCUT2D eigenvalue weighted by atomic mass is 16.2. The first kappa shape index (κ1) is 17.5. The zero-order valence-electron chi connectivity index (χ0n) is 15.7. The van der Waals surface area contributed by atoms with Gasteiger partial charge in [-0.3, -0.25) is 14.6 Å². The van der Waals surface area contributed by atoms with Crippen molar-refractivity contribution >= 4 is 11.8 Å². The van der Waals surface area contributed by atoms with E-state index in [1.807, 2.05) is 30.1 Å². The monoisotopic (exact) mass is 355 g/mol. The van der Waals surface area contributed by atoms with Gasteiger partial charge in [-0.15, -0.1) is 0 Å². The topological polar surface area (TPSA) is 53.5 Å². The number of carbonyl (C=O) groups is 2. The molecule has 0 bridgehead atoms. The fraction of sp³-hybridized carbons (Fsp3) is 0.667. The molecule has 2 saturated carbocycles. The van der Waals surface area contributed by atoms with Crippen LogP contribution in [0.25, 0.3) is 0 Å². The molecule has 2 heterocycles. The Hall–Kier alpha value is -1.91. The standard InChI is InChI=1S/C21H29N3O2/c1-23(14-17-8-4-5-10-22-17)20(26)18-13-21(18)9-11-24(15-21)19(25)12-16-6-2-3-7-16/h4-5,8,10,16,18H,2-3,6-7,9,11-15H2,1H3/t18-,21-/m0/s1. The summed E-state index contributed by atoms with van der Waals surface area (Å²) in [5.41, 5.74) is 0.971. The number of amides is 2. The summed E-state index contributed by atoms with van der Waals surface area (Å²) in [5.74, 6) is 1.20. The van der Waals surface area contributed by atoms with E-state index in [2.05, 4.69) is 4.98 Å². The maximum absolute atomic E-state index is 12.8. The van der Waals surface area contributed by atoms with Crippen LogP contribution in [0, 0.1) is 17.3 Å². The van der Waals surface area contributed by atoms with E-state index >= 15 is 0 Å². The van der Waals surface area contributed by atoms with Crippen LogP contribution in [0.5, 0.6) is 0 Å². The number of likely N-dealkylation sites (tertiary alicyclic amines) is 1. The third kappa shape index (κ3) is 3.49. The maximum atomic E-state index is 12.8. The van der Waals surface area contributed by atoms with E-state index in [1.165, 1.54) is 25.7 Å². The predicted octanol–water partition coefficient (Wildman–Crippen LogP) is 2.86. The lowest BCUT2D eigenvalue weighted by Gasteiger charge is -2.20. The Morgan fingerprint density at radius 1 is 1.31 bits per heavy atom. The largest absolute Gasteiger partial charge is 0.342 e. The lowest BCUT2D eigenvalue weighted by atomic mass is 10.0. The molecule has 2 atom stereocenters. The van der Waals surface area contributed by atoms with Gasteiger partial charge >= 0.3 is 0 Å². The molecule has 0 aromatic carbocycles. The van der Waals surface area contributed by atoms with E-state index in [1.54, 1.807) is 11.1 Å². The molecule has 140 valence electrons. The average Bonchev–Trinajstić information content (AvgIpc) is 2.98. The van der Waals surface area contributed by atoms with E-state index in [0.29, 0.717) is 24.8 Å². The molecule has 26 heavy (non-hydrogen) atoms. The van der Waals surface area contributed by atoms with Gasteiger partial charge in [-0.25, -0.2) is 0 Å². The van der Waals surface area contributed by atoms with Gasteiger partial charge in [-0.2, -0.15) is 0 Å². The molecule has 1 aromatic rings. The Labute approximate surface area is 155 Å². The highest BCUT2D eigenvalue weighted by Gasteiger charge is 2.61. The van der Waals surface area contributed by atoms with E-state index in [-0.39, 0.29) is 17.2 Å². The van der Waals surface area contributed by atoms with Gasteiger partial charge in [-0.05, 0) is 43.7 Å². The Balaban J connectivity index is 1.29. The smallest absolute Gasteiger partial charge is 0.226 e. The summed E-state index contributed by atoms with van der Waals surface area (Å²) in [5, 5.41) is 0. The van der Waals surface area contributed by atoms with Crippen LogP contribution >= 0.6 is 0 Å². The minimum absolute atomic E-state index is 0.0563. The van der Waals surface area contributed by atoms with Crippen molar-refractivity contribution < 1.29 is 9.59 Å². The van der Waals surface area contributed by atoms with E-state index < -0.39 is 0 Å². The van der Waals surface area contributed by atoms with Gasteiger partial charge in [0.15, 0.2) is 0 Å². The van der Waals surface area contributed by atoms with Gasteiger partial charge < -0.3 is 9.80 Å². The van der Waals surface area contributed by atoms with E-state index in [4.69, 9.17) is 0 Å². The first-order valence-electron chi connectivity index (χ1n) is 10.00. The summed E-state index contributed by atoms with van der Waals surface area (Å²) in [6.07, 6.45) is 9.38. The molecule has 1 aliphatic heterocycles. The van der Waals surface area contributed by atoms with Gasteiger partial charge in [-0.1, -0.05) is 18.9 Å². The third-order valence-electron chi connectivity index (χ3n) is 6.67. The fourth-order valence-corrected chi connectivity index (χ4v) is 4.93. The van der Waals surface area contributed by atoms with Crippen molar-refractivity contribution in [1.29, 1.82) is 0 Å². The quantitative estimate of drug-likeness (QED) is 0.816. The van der Waals surface area contributed by atoms with Gasteiger partial charge in [0.05, 0.1) is 12.2 Å². The average molecular weight is 355 g/mol. The molecule has 4 rings (SSSR count). The lowest BCUT2D eigenvalue weighted by Crippen LogP contribution is -2.32. The molecular weight excluding hydrogens is 326 g/mol. The molecule has 1 saturated heterocycles. The number of hydrogen-bond donors (Lipinski definition) is 0. The minimum atomic E-state index is 0.0563. The van der Waals surface area contributed by atoms with E-state index in [0.717, 1.165) is 31.6 Å². The van der Waals surface area contributed by atoms with Crippen molar-refractivity contribution in [2.75, 3.05) is 20.1 Å². The van der Waals surface area contributed by atoms with Crippen LogP contribution in [0.15, 0.2) is 24.4 Å². The van der Waals surface area contributed by atoms with E-state index in [9.17, 15) is 9.59 Å². The van der Waals surface area contributed by atoms with Crippen LogP contribution in [-0.4, -0.2) is 46.7 Å². The first-order chi connectivity index (χ1) is 12.6. The fourth-order valence-electron chi connectivity index (χ4n) is 4.93. The van der Waals surface area contributed by atoms with Crippen molar-refractivity contribution in [2.45, 2.75) is 51.5 Å². The Morgan fingerprint density at radius 2 is 2.12 bits per heavy atom. The predicted molar refractivity (Wildman–Crippen MR) is 99.0 cm³/mol. The number of aromatic nitrogens is 1. The molecule has 0 unspecified atom stereocenters. The Kier molecular flexibility index (Phi) is 4.72. The molecule has 5 heteroatoms. The third-order valence-corrected chi connectivity index (χ3v) is 6.67. The van der Waals surface area contributed by atoms with Gasteiger partial charge in [0.1, 0.15) is 0 Å². The zero-order chi connectivity index (χ0) is 18.1. The first-order valence-corrected chi connectivity index (χ1v) is 10.00. The van der Waals surface area contributed by atoms with Crippen LogP contribution in [0.1, 0.15) is 50.6 Å². The molecule has 2 amide bonds. The van der Waals surface area contributed by atoms with Crippen molar-refractivity contribution in [2.24, 2.45) is 17.3 Å². The molecule has 3 aliphatic rings. The normalized spacial score (nSPS) is 27.9. The molecule has 2 aliphatic carbocycles. The molecule has 1 aromatic heterocycles. The summed E-state index contributed by atoms with van der Waals surface area (Å²) < 4.78 is 0. The summed E-state index contributed by atoms with van der Waals surface area (Å²) >= 11 is 0. The van der Waals surface area contributed by atoms with Gasteiger partial charge in [0.2, 0.25) is 11.8 Å². The maximum Gasteiger partial charge on any atom is 0.226 e. The molecule has 0 radical (unpaired) electrons. The van der Waals surface area contributed by atoms with Crippen LogP contribution in [0.4, 0.5) is 0 Å². The second kappa shape index (κ2) is 7.01. The Morgan fingerprint density at radius 3 is 2.85 bits per heavy atom. The number of hydrogen-bond acceptors (Lipinski definition) is 3. The van der Waals surface area contributed by atoms with Crippen LogP contribution in [0.3, 0.4) is 0 Å². The lowest BCUT2D eigenvalue weighted by molar-refractivity contribution is -0.134. The number of rotatable bonds is 5. The molecule has 5 nitrogen and oxygen atoms in total. The summed E-state index contributed by atoms with van der Waals surface area (Å²) in [6, 6.07) is 5.78. The van der Waals surface area contributed by atoms with Gasteiger partial charge in [0.25, 0.3) is 0 Å². The second-order valence-corrected chi connectivity index (χ2v) is 8.55. The molecule has 3 fully saturated rings. The van der Waals surface area contributed by atoms with Crippen LogP contribution < -0.4 is 0 Å². The molecular formula is C21H29N3O2. The second-order valence-electron chi connectivity index (χ2n) is 8.55. The summed E-state index contributed by atoms with van der Waals surface area (Å²) in [7, 11) is 1.86. The van der Waals surface area contributed by atoms with Crippen molar-refractivity contribution in [3.63, 3.8) is 0 Å². The highest BCUT2D eigenvalue weighted by molar-refractivity contribution is 5.83. The SMILES string of the molecule is CN(Cc1ccccn1)C(=O)[C@@H]1C[C@]12CCN(C(=O)CC1CCCC1)C2.